The number of hydrogen-bond donors (Lipinski definition) is 3. The van der Waals surface area contributed by atoms with Gasteiger partial charge in [-0.2, -0.15) is 5.10 Å². The molecule has 6 nitrogen and oxygen atoms in total. The molecule has 3 heterocycles. The molecule has 0 amide bonds. The van der Waals surface area contributed by atoms with Crippen molar-refractivity contribution < 1.29 is 19.7 Å². The first-order chi connectivity index (χ1) is 16.3. The van der Waals surface area contributed by atoms with Crippen LogP contribution >= 0.6 is 0 Å². The van der Waals surface area contributed by atoms with Gasteiger partial charge in [-0.05, 0) is 90.4 Å². The van der Waals surface area contributed by atoms with Crippen LogP contribution in [-0.2, 0) is 22.3 Å². The second kappa shape index (κ2) is 8.03. The molecule has 0 radical (unpaired) electrons. The van der Waals surface area contributed by atoms with Crippen LogP contribution in [0.4, 0.5) is 0 Å². The van der Waals surface area contributed by atoms with Gasteiger partial charge in [0.1, 0.15) is 0 Å². The quantitative estimate of drug-likeness (QED) is 0.620. The molecule has 190 valence electrons. The Labute approximate surface area is 204 Å². The van der Waals surface area contributed by atoms with E-state index in [1.165, 1.54) is 24.1 Å². The highest BCUT2D eigenvalue weighted by Crippen LogP contribution is 2.68. The van der Waals surface area contributed by atoms with Gasteiger partial charge in [0.05, 0.1) is 18.9 Å². The van der Waals surface area contributed by atoms with Crippen LogP contribution in [0.1, 0.15) is 71.1 Å². The Morgan fingerprint density at radius 2 is 1.91 bits per heavy atom. The lowest BCUT2D eigenvalue weighted by Crippen LogP contribution is -2.54. The zero-order valence-electron chi connectivity index (χ0n) is 21.4. The molecule has 0 unspecified atom stereocenters. The maximum atomic E-state index is 10.8. The van der Waals surface area contributed by atoms with Gasteiger partial charge in [-0.3, -0.25) is 5.10 Å². The molecule has 11 atom stereocenters. The van der Waals surface area contributed by atoms with E-state index in [1.54, 1.807) is 0 Å². The van der Waals surface area contributed by atoms with Crippen molar-refractivity contribution in [1.82, 2.24) is 10.2 Å². The fraction of sp³-hybridized carbons (Fsp3) is 0.893. The lowest BCUT2D eigenvalue weighted by molar-refractivity contribution is -0.272. The fourth-order valence-corrected chi connectivity index (χ4v) is 9.79. The number of aliphatic hydroxyl groups is 2. The first-order valence-electron chi connectivity index (χ1n) is 13.8. The predicted molar refractivity (Wildman–Crippen MR) is 129 cm³/mol. The molecule has 1 aromatic heterocycles. The topological polar surface area (TPSA) is 87.6 Å². The van der Waals surface area contributed by atoms with Gasteiger partial charge in [0, 0.05) is 31.2 Å². The van der Waals surface area contributed by atoms with Crippen molar-refractivity contribution in [3.05, 3.63) is 17.5 Å². The first kappa shape index (κ1) is 23.4. The summed E-state index contributed by atoms with van der Waals surface area (Å²) in [6.07, 6.45) is 9.50. The number of nitrogens with zero attached hydrogens (tertiary/aromatic N) is 1. The van der Waals surface area contributed by atoms with Crippen molar-refractivity contribution in [1.29, 1.82) is 0 Å². The van der Waals surface area contributed by atoms with E-state index in [4.69, 9.17) is 9.47 Å². The largest absolute Gasteiger partial charge is 0.396 e. The number of aliphatic hydroxyl groups excluding tert-OH is 2. The third kappa shape index (κ3) is 3.10. The van der Waals surface area contributed by atoms with Crippen LogP contribution in [0.25, 0.3) is 0 Å². The molecule has 6 heteroatoms. The van der Waals surface area contributed by atoms with Crippen molar-refractivity contribution in [2.45, 2.75) is 84.5 Å². The van der Waals surface area contributed by atoms with Crippen LogP contribution in [0.2, 0.25) is 0 Å². The van der Waals surface area contributed by atoms with Gasteiger partial charge in [-0.15, -0.1) is 0 Å². The van der Waals surface area contributed by atoms with E-state index in [-0.39, 0.29) is 42.0 Å². The molecule has 2 saturated carbocycles. The summed E-state index contributed by atoms with van der Waals surface area (Å²) in [5.41, 5.74) is 2.62. The van der Waals surface area contributed by atoms with Crippen molar-refractivity contribution in [2.75, 3.05) is 19.8 Å². The third-order valence-corrected chi connectivity index (χ3v) is 11.7. The lowest BCUT2D eigenvalue weighted by atomic mass is 9.48. The first-order valence-corrected chi connectivity index (χ1v) is 13.8. The van der Waals surface area contributed by atoms with Crippen LogP contribution in [0.15, 0.2) is 6.20 Å². The summed E-state index contributed by atoms with van der Waals surface area (Å²) >= 11 is 0. The SMILES string of the molecule is C[C@@H]1CC[C@@]2(OC1)O[C@H]1C[C@H]3[C@H](CO)[C@@H]([C@@]4(C)Cc5cn[nH]c5C[C@@H]4CO)CC[C@]3(C)[C@H]1[C@@H]2C. The predicted octanol–water partition coefficient (Wildman–Crippen LogP) is 3.96. The van der Waals surface area contributed by atoms with Crippen LogP contribution in [0, 0.1) is 52.3 Å². The van der Waals surface area contributed by atoms with Crippen LogP contribution in [0.3, 0.4) is 0 Å². The Bertz CT molecular complexity index is 910. The Morgan fingerprint density at radius 3 is 2.62 bits per heavy atom. The van der Waals surface area contributed by atoms with Crippen molar-refractivity contribution >= 4 is 0 Å². The minimum atomic E-state index is -0.392. The smallest absolute Gasteiger partial charge is 0.171 e. The molecule has 6 rings (SSSR count). The van der Waals surface area contributed by atoms with Gasteiger partial charge in [-0.25, -0.2) is 0 Å². The highest BCUT2D eigenvalue weighted by molar-refractivity contribution is 5.25. The Morgan fingerprint density at radius 1 is 1.09 bits per heavy atom. The fourth-order valence-electron chi connectivity index (χ4n) is 9.79. The monoisotopic (exact) mass is 472 g/mol. The zero-order chi connectivity index (χ0) is 23.9. The lowest BCUT2D eigenvalue weighted by Gasteiger charge is -2.57. The molecular weight excluding hydrogens is 428 g/mol. The third-order valence-electron chi connectivity index (χ3n) is 11.7. The highest BCUT2D eigenvalue weighted by Gasteiger charge is 2.68. The van der Waals surface area contributed by atoms with Gasteiger partial charge in [0.25, 0.3) is 0 Å². The van der Waals surface area contributed by atoms with Crippen LogP contribution in [0.5, 0.6) is 0 Å². The molecule has 1 spiro atoms. The Kier molecular flexibility index (Phi) is 5.53. The molecule has 2 saturated heterocycles. The molecule has 0 bridgehead atoms. The zero-order valence-corrected chi connectivity index (χ0v) is 21.4. The minimum absolute atomic E-state index is 0.0334. The van der Waals surface area contributed by atoms with Gasteiger partial charge >= 0.3 is 0 Å². The number of aromatic nitrogens is 2. The molecule has 2 aliphatic heterocycles. The second-order valence-corrected chi connectivity index (χ2v) is 13.2. The summed E-state index contributed by atoms with van der Waals surface area (Å²) in [4.78, 5) is 0. The maximum absolute atomic E-state index is 10.8. The Hall–Kier alpha value is -0.950. The summed E-state index contributed by atoms with van der Waals surface area (Å²) < 4.78 is 13.3. The summed E-state index contributed by atoms with van der Waals surface area (Å²) in [5, 5.41) is 28.7. The normalized spacial score (nSPS) is 52.4. The van der Waals surface area contributed by atoms with Crippen molar-refractivity contribution in [2.24, 2.45) is 52.3 Å². The average Bonchev–Trinajstić information content (AvgIpc) is 3.46. The van der Waals surface area contributed by atoms with E-state index in [2.05, 4.69) is 37.9 Å². The molecule has 5 aliphatic rings. The van der Waals surface area contributed by atoms with E-state index < -0.39 is 5.79 Å². The molecule has 34 heavy (non-hydrogen) atoms. The molecule has 4 fully saturated rings. The number of hydrogen-bond acceptors (Lipinski definition) is 5. The van der Waals surface area contributed by atoms with E-state index in [1.807, 2.05) is 6.20 Å². The van der Waals surface area contributed by atoms with Crippen molar-refractivity contribution in [3.63, 3.8) is 0 Å². The highest BCUT2D eigenvalue weighted by atomic mass is 16.7. The van der Waals surface area contributed by atoms with Gasteiger partial charge in [0.15, 0.2) is 5.79 Å². The van der Waals surface area contributed by atoms with Crippen LogP contribution in [-0.4, -0.2) is 52.1 Å². The summed E-state index contributed by atoms with van der Waals surface area (Å²) in [6, 6.07) is 0. The maximum Gasteiger partial charge on any atom is 0.171 e. The van der Waals surface area contributed by atoms with Gasteiger partial charge in [-0.1, -0.05) is 27.7 Å². The van der Waals surface area contributed by atoms with Gasteiger partial charge < -0.3 is 19.7 Å². The standard InChI is InChI=1S/C28H44N2O4/c1-16-5-8-28(33-15-16)17(2)25-24(34-28)10-22-20(14-32)21(6-7-26(22,25)3)27(4)11-18-12-29-30-23(18)9-19(27)13-31/h12,16-17,19-22,24-25,31-32H,5-11,13-15H2,1-4H3,(H,29,30)/t16-,17+,19-,20-,21+,22+,24+,25+,26+,27+,28-/m1/s1. The van der Waals surface area contributed by atoms with Gasteiger partial charge in [0.2, 0.25) is 0 Å². The summed E-state index contributed by atoms with van der Waals surface area (Å²) in [5.74, 6) is 2.40. The average molecular weight is 473 g/mol. The van der Waals surface area contributed by atoms with E-state index in [0.29, 0.717) is 29.6 Å². The summed E-state index contributed by atoms with van der Waals surface area (Å²) in [6.45, 7) is 10.7. The molecule has 1 aromatic rings. The number of H-pyrrole nitrogens is 1. The van der Waals surface area contributed by atoms with E-state index >= 15 is 0 Å². The number of fused-ring (bicyclic) bond motifs is 4. The number of aromatic amines is 1. The summed E-state index contributed by atoms with van der Waals surface area (Å²) in [7, 11) is 0. The number of nitrogens with one attached hydrogen (secondary N) is 1. The molecule has 3 N–H and O–H groups in total. The molecule has 0 aromatic carbocycles. The number of ether oxygens (including phenoxy) is 2. The molecule has 3 aliphatic carbocycles. The van der Waals surface area contributed by atoms with E-state index in [0.717, 1.165) is 38.7 Å². The van der Waals surface area contributed by atoms with E-state index in [9.17, 15) is 10.2 Å². The minimum Gasteiger partial charge on any atom is -0.396 e. The molecular formula is C28H44N2O4. The second-order valence-electron chi connectivity index (χ2n) is 13.2. The Balaban J connectivity index is 1.28. The van der Waals surface area contributed by atoms with Crippen LogP contribution < -0.4 is 0 Å². The van der Waals surface area contributed by atoms with Crippen molar-refractivity contribution in [3.8, 4) is 0 Å². The number of rotatable bonds is 3.